The van der Waals surface area contributed by atoms with Crippen LogP contribution >= 0.6 is 11.3 Å². The number of nitrogens with zero attached hydrogens (tertiary/aromatic N) is 1. The summed E-state index contributed by atoms with van der Waals surface area (Å²) in [5.74, 6) is -0.230. The molecule has 6 heteroatoms. The lowest BCUT2D eigenvalue weighted by atomic mass is 10.1. The molecule has 2 amide bonds. The molecule has 3 aromatic rings. The summed E-state index contributed by atoms with van der Waals surface area (Å²) in [6.07, 6.45) is 0.932. The van der Waals surface area contributed by atoms with Crippen LogP contribution in [0.25, 0.3) is 10.6 Å². The van der Waals surface area contributed by atoms with Crippen LogP contribution in [0.2, 0.25) is 0 Å². The van der Waals surface area contributed by atoms with Crippen LogP contribution in [0.1, 0.15) is 24.6 Å². The zero-order valence-corrected chi connectivity index (χ0v) is 16.1. The Morgan fingerprint density at radius 2 is 1.74 bits per heavy atom. The van der Waals surface area contributed by atoms with Crippen molar-refractivity contribution >= 4 is 34.5 Å². The molecule has 27 heavy (non-hydrogen) atoms. The van der Waals surface area contributed by atoms with Crippen molar-refractivity contribution in [1.29, 1.82) is 0 Å². The van der Waals surface area contributed by atoms with Crippen molar-refractivity contribution in [3.8, 4) is 10.6 Å². The Bertz CT molecular complexity index is 948. The van der Waals surface area contributed by atoms with E-state index < -0.39 is 0 Å². The fourth-order valence-corrected chi connectivity index (χ4v) is 3.45. The number of aromatic nitrogens is 1. The second-order valence-corrected chi connectivity index (χ2v) is 7.18. The number of hydrogen-bond donors (Lipinski definition) is 2. The number of benzene rings is 2. The molecule has 0 aliphatic rings. The number of nitrogens with one attached hydrogen (secondary N) is 2. The first-order valence-electron chi connectivity index (χ1n) is 8.68. The van der Waals surface area contributed by atoms with Crippen molar-refractivity contribution in [2.75, 3.05) is 10.6 Å². The van der Waals surface area contributed by atoms with Crippen LogP contribution in [-0.2, 0) is 16.0 Å². The summed E-state index contributed by atoms with van der Waals surface area (Å²) < 4.78 is 0. The van der Waals surface area contributed by atoms with E-state index in [-0.39, 0.29) is 11.8 Å². The lowest BCUT2D eigenvalue weighted by molar-refractivity contribution is -0.116. The van der Waals surface area contributed by atoms with Gasteiger partial charge in [-0.15, -0.1) is 11.3 Å². The molecule has 138 valence electrons. The summed E-state index contributed by atoms with van der Waals surface area (Å²) in [7, 11) is 0. The van der Waals surface area contributed by atoms with Gasteiger partial charge in [0.1, 0.15) is 5.01 Å². The first-order chi connectivity index (χ1) is 13.0. The van der Waals surface area contributed by atoms with Crippen molar-refractivity contribution in [3.63, 3.8) is 0 Å². The first kappa shape index (κ1) is 18.8. The summed E-state index contributed by atoms with van der Waals surface area (Å²) >= 11 is 1.59. The number of carbonyl (C=O) groups is 2. The van der Waals surface area contributed by atoms with E-state index in [1.54, 1.807) is 35.6 Å². The van der Waals surface area contributed by atoms with Gasteiger partial charge in [0.2, 0.25) is 11.8 Å². The smallest absolute Gasteiger partial charge is 0.224 e. The van der Waals surface area contributed by atoms with Gasteiger partial charge in [0.25, 0.3) is 0 Å². The summed E-state index contributed by atoms with van der Waals surface area (Å²) in [5.41, 5.74) is 4.54. The molecule has 2 aromatic carbocycles. The van der Waals surface area contributed by atoms with Crippen molar-refractivity contribution < 1.29 is 9.59 Å². The highest BCUT2D eigenvalue weighted by Gasteiger charge is 2.08. The topological polar surface area (TPSA) is 71.1 Å². The average molecular weight is 379 g/mol. The highest BCUT2D eigenvalue weighted by atomic mass is 32.1. The monoisotopic (exact) mass is 379 g/mol. The molecule has 3 rings (SSSR count). The highest BCUT2D eigenvalue weighted by Crippen LogP contribution is 2.24. The molecule has 0 aliphatic carbocycles. The minimum Gasteiger partial charge on any atom is -0.326 e. The van der Waals surface area contributed by atoms with E-state index in [2.05, 4.69) is 46.8 Å². The molecule has 0 saturated carbocycles. The highest BCUT2D eigenvalue weighted by molar-refractivity contribution is 7.13. The maximum atomic E-state index is 12.2. The Labute approximate surface area is 162 Å². The summed E-state index contributed by atoms with van der Waals surface area (Å²) in [5, 5.41) is 8.52. The number of thiazole rings is 1. The number of anilines is 2. The van der Waals surface area contributed by atoms with Crippen LogP contribution in [0.15, 0.2) is 53.9 Å². The number of aryl methyl sites for hydroxylation is 2. The third-order valence-corrected chi connectivity index (χ3v) is 4.87. The average Bonchev–Trinajstić information content (AvgIpc) is 3.09. The van der Waals surface area contributed by atoms with Crippen LogP contribution in [0, 0.1) is 6.92 Å². The molecule has 5 nitrogen and oxygen atoms in total. The summed E-state index contributed by atoms with van der Waals surface area (Å²) in [6, 6.07) is 15.4. The van der Waals surface area contributed by atoms with Crippen molar-refractivity contribution in [3.05, 3.63) is 65.2 Å². The Morgan fingerprint density at radius 1 is 1.04 bits per heavy atom. The minimum absolute atomic E-state index is 0.0835. The molecular weight excluding hydrogens is 358 g/mol. The maximum absolute atomic E-state index is 12.2. The molecule has 0 fully saturated rings. The molecular formula is C21H21N3O2S. The maximum Gasteiger partial charge on any atom is 0.224 e. The van der Waals surface area contributed by atoms with Crippen molar-refractivity contribution in [2.45, 2.75) is 26.7 Å². The summed E-state index contributed by atoms with van der Waals surface area (Å²) in [6.45, 7) is 3.51. The number of carbonyl (C=O) groups excluding carboxylic acids is 2. The standard InChI is InChI=1S/C21H21N3O2S/c1-14-6-8-16(9-7-14)21-24-19(13-27-21)10-11-20(26)23-18-5-3-4-17(12-18)22-15(2)25/h3-9,12-13H,10-11H2,1-2H3,(H,22,25)(H,23,26). The van der Waals surface area contributed by atoms with Crippen molar-refractivity contribution in [1.82, 2.24) is 4.98 Å². The van der Waals surface area contributed by atoms with E-state index in [0.717, 1.165) is 16.3 Å². The Hall–Kier alpha value is -2.99. The minimum atomic E-state index is -0.147. The molecule has 1 heterocycles. The van der Waals surface area contributed by atoms with Gasteiger partial charge in [-0.25, -0.2) is 4.98 Å². The molecule has 0 bridgehead atoms. The van der Waals surface area contributed by atoms with Crippen LogP contribution < -0.4 is 10.6 Å². The summed E-state index contributed by atoms with van der Waals surface area (Å²) in [4.78, 5) is 28.0. The third-order valence-electron chi connectivity index (χ3n) is 3.93. The van der Waals surface area contributed by atoms with Crippen LogP contribution in [0.4, 0.5) is 11.4 Å². The van der Waals surface area contributed by atoms with E-state index in [0.29, 0.717) is 24.2 Å². The van der Waals surface area contributed by atoms with Crippen LogP contribution in [0.3, 0.4) is 0 Å². The number of amides is 2. The molecule has 2 N–H and O–H groups in total. The van der Waals surface area contributed by atoms with E-state index in [1.807, 2.05) is 5.38 Å². The largest absolute Gasteiger partial charge is 0.326 e. The lowest BCUT2D eigenvalue weighted by Crippen LogP contribution is -2.13. The molecule has 0 radical (unpaired) electrons. The lowest BCUT2D eigenvalue weighted by Gasteiger charge is -2.07. The quantitative estimate of drug-likeness (QED) is 0.655. The second-order valence-electron chi connectivity index (χ2n) is 6.32. The van der Waals surface area contributed by atoms with Gasteiger partial charge >= 0.3 is 0 Å². The number of hydrogen-bond acceptors (Lipinski definition) is 4. The van der Waals surface area contributed by atoms with Gasteiger partial charge in [-0.05, 0) is 31.5 Å². The Kier molecular flexibility index (Phi) is 5.98. The van der Waals surface area contributed by atoms with E-state index in [1.165, 1.54) is 12.5 Å². The molecule has 0 aliphatic heterocycles. The predicted octanol–water partition coefficient (Wildman–Crippen LogP) is 4.65. The predicted molar refractivity (Wildman–Crippen MR) is 110 cm³/mol. The van der Waals surface area contributed by atoms with Crippen LogP contribution in [-0.4, -0.2) is 16.8 Å². The van der Waals surface area contributed by atoms with Crippen LogP contribution in [0.5, 0.6) is 0 Å². The van der Waals surface area contributed by atoms with E-state index >= 15 is 0 Å². The van der Waals surface area contributed by atoms with Gasteiger partial charge in [0.05, 0.1) is 5.69 Å². The molecule has 0 saturated heterocycles. The Balaban J connectivity index is 1.55. The molecule has 0 spiro atoms. The van der Waals surface area contributed by atoms with Gasteiger partial charge in [-0.3, -0.25) is 9.59 Å². The first-order valence-corrected chi connectivity index (χ1v) is 9.56. The SMILES string of the molecule is CC(=O)Nc1cccc(NC(=O)CCc2csc(-c3ccc(C)cc3)n2)c1. The van der Waals surface area contributed by atoms with E-state index in [9.17, 15) is 9.59 Å². The molecule has 0 unspecified atom stereocenters. The van der Waals surface area contributed by atoms with Gasteiger partial charge < -0.3 is 10.6 Å². The zero-order valence-electron chi connectivity index (χ0n) is 15.3. The third kappa shape index (κ3) is 5.49. The van der Waals surface area contributed by atoms with Gasteiger partial charge in [0.15, 0.2) is 0 Å². The van der Waals surface area contributed by atoms with Gasteiger partial charge in [-0.1, -0.05) is 35.9 Å². The number of rotatable bonds is 6. The Morgan fingerprint density at radius 3 is 2.44 bits per heavy atom. The second kappa shape index (κ2) is 8.60. The molecule has 0 atom stereocenters. The van der Waals surface area contributed by atoms with Gasteiger partial charge in [-0.2, -0.15) is 0 Å². The fourth-order valence-electron chi connectivity index (χ4n) is 2.59. The fraction of sp³-hybridized carbons (Fsp3) is 0.190. The van der Waals surface area contributed by atoms with Gasteiger partial charge in [0, 0.05) is 35.7 Å². The zero-order chi connectivity index (χ0) is 19.2. The van der Waals surface area contributed by atoms with E-state index in [4.69, 9.17) is 0 Å². The normalized spacial score (nSPS) is 10.4. The van der Waals surface area contributed by atoms with Crippen molar-refractivity contribution in [2.24, 2.45) is 0 Å². The molecule has 1 aromatic heterocycles.